The van der Waals surface area contributed by atoms with Crippen LogP contribution in [-0.4, -0.2) is 16.5 Å². The molecule has 0 amide bonds. The monoisotopic (exact) mass is 253 g/mol. The van der Waals surface area contributed by atoms with Crippen LogP contribution in [0.15, 0.2) is 17.1 Å². The van der Waals surface area contributed by atoms with Gasteiger partial charge in [0.2, 0.25) is 0 Å². The van der Waals surface area contributed by atoms with Crippen molar-refractivity contribution < 1.29 is 0 Å². The molecule has 0 saturated carbocycles. The molecule has 0 spiro atoms. The van der Waals surface area contributed by atoms with Crippen molar-refractivity contribution in [2.24, 2.45) is 0 Å². The Hall–Kier alpha value is -0.780. The number of aromatic nitrogens is 2. The van der Waals surface area contributed by atoms with E-state index < -0.39 is 0 Å². The first-order valence-electron chi connectivity index (χ1n) is 5.26. The van der Waals surface area contributed by atoms with Crippen molar-refractivity contribution in [3.05, 3.63) is 32.7 Å². The average Bonchev–Trinajstić information content (AvgIpc) is 2.89. The highest BCUT2D eigenvalue weighted by molar-refractivity contribution is 7.11. The summed E-state index contributed by atoms with van der Waals surface area (Å²) in [7, 11) is 0. The topological polar surface area (TPSA) is 37.8 Å². The molecule has 86 valence electrons. The number of nitrogens with one attached hydrogen (secondary N) is 1. The van der Waals surface area contributed by atoms with Crippen molar-refractivity contribution >= 4 is 22.7 Å². The van der Waals surface area contributed by atoms with E-state index in [4.69, 9.17) is 0 Å². The maximum absolute atomic E-state index is 4.40. The lowest BCUT2D eigenvalue weighted by molar-refractivity contribution is 0.607. The maximum Gasteiger partial charge on any atom is 0.0968 e. The van der Waals surface area contributed by atoms with Crippen LogP contribution >= 0.6 is 22.7 Å². The second kappa shape index (κ2) is 5.52. The summed E-state index contributed by atoms with van der Waals surface area (Å²) in [5, 5.41) is 6.69. The summed E-state index contributed by atoms with van der Waals surface area (Å²) in [6.07, 6.45) is 1.94. The summed E-state index contributed by atoms with van der Waals surface area (Å²) < 4.78 is 0. The number of nitrogens with zero attached hydrogens (tertiary/aromatic N) is 2. The molecule has 0 radical (unpaired) electrons. The molecule has 0 aliphatic rings. The second-order valence-electron chi connectivity index (χ2n) is 3.82. The van der Waals surface area contributed by atoms with Crippen molar-refractivity contribution in [2.75, 3.05) is 6.54 Å². The van der Waals surface area contributed by atoms with Crippen molar-refractivity contribution in [1.29, 1.82) is 0 Å². The minimum absolute atomic E-state index is 0.470. The Kier molecular flexibility index (Phi) is 4.04. The van der Waals surface area contributed by atoms with E-state index in [0.29, 0.717) is 5.92 Å². The second-order valence-corrected chi connectivity index (χ2v) is 5.81. The molecule has 0 aliphatic heterocycles. The Morgan fingerprint density at radius 3 is 2.94 bits per heavy atom. The zero-order chi connectivity index (χ0) is 11.4. The summed E-state index contributed by atoms with van der Waals surface area (Å²) >= 11 is 3.42. The minimum atomic E-state index is 0.470. The highest BCUT2D eigenvalue weighted by atomic mass is 32.1. The van der Waals surface area contributed by atoms with Crippen LogP contribution in [0.1, 0.15) is 28.4 Å². The molecular formula is C11H15N3S2. The molecule has 2 heterocycles. The smallest absolute Gasteiger partial charge is 0.0968 e. The van der Waals surface area contributed by atoms with Crippen molar-refractivity contribution in [1.82, 2.24) is 15.3 Å². The molecule has 0 saturated heterocycles. The van der Waals surface area contributed by atoms with E-state index in [0.717, 1.165) is 18.8 Å². The van der Waals surface area contributed by atoms with Gasteiger partial charge in [-0.15, -0.1) is 22.7 Å². The van der Waals surface area contributed by atoms with Crippen LogP contribution in [0.2, 0.25) is 0 Å². The van der Waals surface area contributed by atoms with Gasteiger partial charge in [-0.1, -0.05) is 6.92 Å². The Balaban J connectivity index is 1.78. The number of rotatable bonds is 5. The van der Waals surface area contributed by atoms with Crippen molar-refractivity contribution in [3.8, 4) is 0 Å². The van der Waals surface area contributed by atoms with Gasteiger partial charge in [-0.3, -0.25) is 0 Å². The summed E-state index contributed by atoms with van der Waals surface area (Å²) in [5.41, 5.74) is 2.98. The van der Waals surface area contributed by atoms with Gasteiger partial charge in [-0.25, -0.2) is 9.97 Å². The van der Waals surface area contributed by atoms with Crippen LogP contribution in [0, 0.1) is 6.92 Å². The summed E-state index contributed by atoms with van der Waals surface area (Å²) in [5.74, 6) is 0.470. The summed E-state index contributed by atoms with van der Waals surface area (Å²) in [4.78, 5) is 9.91. The standard InChI is InChI=1S/C11H15N3S2/c1-8(11-13-4-9(2)16-11)3-12-5-10-6-15-7-14-10/h4,6-8,12H,3,5H2,1-2H3. The maximum atomic E-state index is 4.40. The number of thiazole rings is 2. The van der Waals surface area contributed by atoms with Crippen LogP contribution < -0.4 is 5.32 Å². The lowest BCUT2D eigenvalue weighted by Crippen LogP contribution is -2.19. The molecule has 0 fully saturated rings. The van der Waals surface area contributed by atoms with E-state index in [2.05, 4.69) is 34.5 Å². The van der Waals surface area contributed by atoms with Gasteiger partial charge in [0.1, 0.15) is 0 Å². The van der Waals surface area contributed by atoms with E-state index in [1.807, 2.05) is 11.7 Å². The van der Waals surface area contributed by atoms with E-state index in [1.165, 1.54) is 9.88 Å². The molecular weight excluding hydrogens is 238 g/mol. The van der Waals surface area contributed by atoms with E-state index in [-0.39, 0.29) is 0 Å². The lowest BCUT2D eigenvalue weighted by atomic mass is 10.2. The molecule has 5 heteroatoms. The quantitative estimate of drug-likeness (QED) is 0.890. The SMILES string of the molecule is Cc1cnc(C(C)CNCc2cscn2)s1. The number of hydrogen-bond acceptors (Lipinski definition) is 5. The molecule has 2 rings (SSSR count). The van der Waals surface area contributed by atoms with Crippen LogP contribution in [0.4, 0.5) is 0 Å². The predicted octanol–water partition coefficient (Wildman–Crippen LogP) is 2.80. The predicted molar refractivity (Wildman–Crippen MR) is 69.1 cm³/mol. The van der Waals surface area contributed by atoms with Crippen LogP contribution in [0.25, 0.3) is 0 Å². The molecule has 1 atom stereocenters. The zero-order valence-corrected chi connectivity index (χ0v) is 11.1. The number of aryl methyl sites for hydroxylation is 1. The number of hydrogen-bond donors (Lipinski definition) is 1. The molecule has 1 unspecified atom stereocenters. The van der Waals surface area contributed by atoms with Gasteiger partial charge >= 0.3 is 0 Å². The molecule has 0 bridgehead atoms. The third kappa shape index (κ3) is 3.10. The van der Waals surface area contributed by atoms with Crippen LogP contribution in [0.5, 0.6) is 0 Å². The van der Waals surface area contributed by atoms with E-state index >= 15 is 0 Å². The molecule has 1 N–H and O–H groups in total. The highest BCUT2D eigenvalue weighted by Crippen LogP contribution is 2.20. The first kappa shape index (κ1) is 11.7. The van der Waals surface area contributed by atoms with Crippen LogP contribution in [-0.2, 0) is 6.54 Å². The third-order valence-electron chi connectivity index (χ3n) is 2.30. The zero-order valence-electron chi connectivity index (χ0n) is 9.43. The molecule has 0 aliphatic carbocycles. The van der Waals surface area contributed by atoms with Crippen molar-refractivity contribution in [2.45, 2.75) is 26.3 Å². The van der Waals surface area contributed by atoms with Gasteiger partial charge in [0.15, 0.2) is 0 Å². The summed E-state index contributed by atoms with van der Waals surface area (Å²) in [6.45, 7) is 6.09. The molecule has 16 heavy (non-hydrogen) atoms. The van der Waals surface area contributed by atoms with Crippen molar-refractivity contribution in [3.63, 3.8) is 0 Å². The fourth-order valence-corrected chi connectivity index (χ4v) is 2.81. The first-order valence-corrected chi connectivity index (χ1v) is 7.01. The molecule has 0 aromatic carbocycles. The fourth-order valence-electron chi connectivity index (χ4n) is 1.43. The van der Waals surface area contributed by atoms with Gasteiger partial charge in [0, 0.05) is 35.5 Å². The summed E-state index contributed by atoms with van der Waals surface area (Å²) in [6, 6.07) is 0. The fraction of sp³-hybridized carbons (Fsp3) is 0.455. The average molecular weight is 253 g/mol. The largest absolute Gasteiger partial charge is 0.310 e. The Bertz CT molecular complexity index is 422. The van der Waals surface area contributed by atoms with Gasteiger partial charge in [0.05, 0.1) is 16.2 Å². The Morgan fingerprint density at radius 1 is 1.44 bits per heavy atom. The van der Waals surface area contributed by atoms with Gasteiger partial charge in [0.25, 0.3) is 0 Å². The van der Waals surface area contributed by atoms with Crippen LogP contribution in [0.3, 0.4) is 0 Å². The minimum Gasteiger partial charge on any atom is -0.310 e. The molecule has 2 aromatic heterocycles. The van der Waals surface area contributed by atoms with E-state index in [9.17, 15) is 0 Å². The Morgan fingerprint density at radius 2 is 2.31 bits per heavy atom. The van der Waals surface area contributed by atoms with Gasteiger partial charge in [-0.2, -0.15) is 0 Å². The Labute approximate surface area is 104 Å². The third-order valence-corrected chi connectivity index (χ3v) is 4.08. The highest BCUT2D eigenvalue weighted by Gasteiger charge is 2.08. The molecule has 3 nitrogen and oxygen atoms in total. The van der Waals surface area contributed by atoms with Gasteiger partial charge < -0.3 is 5.32 Å². The molecule has 2 aromatic rings. The normalized spacial score (nSPS) is 12.9. The van der Waals surface area contributed by atoms with Gasteiger partial charge in [-0.05, 0) is 6.92 Å². The lowest BCUT2D eigenvalue weighted by Gasteiger charge is -2.08. The first-order chi connectivity index (χ1) is 7.75. The van der Waals surface area contributed by atoms with E-state index in [1.54, 1.807) is 22.7 Å².